The van der Waals surface area contributed by atoms with Crippen LogP contribution in [0.4, 0.5) is 26.3 Å². The fourth-order valence-corrected chi connectivity index (χ4v) is 3.32. The Hall–Kier alpha value is -4.60. The second kappa shape index (κ2) is 10.2. The van der Waals surface area contributed by atoms with Crippen LogP contribution in [0.25, 0.3) is 11.4 Å². The number of aryl methyl sites for hydroxylation is 2. The number of carboxylic acids is 1. The summed E-state index contributed by atoms with van der Waals surface area (Å²) in [5.41, 5.74) is -1.91. The van der Waals surface area contributed by atoms with Gasteiger partial charge in [0, 0.05) is 36.2 Å². The van der Waals surface area contributed by atoms with Crippen molar-refractivity contribution in [1.29, 1.82) is 5.26 Å². The summed E-state index contributed by atoms with van der Waals surface area (Å²) in [6.45, 7) is 3.28. The Kier molecular flexibility index (Phi) is 7.42. The standard InChI is InChI=1S/C12H8F3N3.C12H9F3N2O2/c1-8-17-2-3-18(8)11-5-9(7-16)4-10(6-11)12(13,14)15;1-7-16-2-3-17(7)10-5-8(11(18)19)4-9(6-10)12(13,14)15/h2-6H,1H3;2-6H,1H3,(H,18,19). The first kappa shape index (κ1) is 27.0. The summed E-state index contributed by atoms with van der Waals surface area (Å²) in [6, 6.07) is 7.62. The predicted octanol–water partition coefficient (Wildman–Crippen LogP) is 5.97. The van der Waals surface area contributed by atoms with Gasteiger partial charge in [0.1, 0.15) is 11.6 Å². The normalized spacial score (nSPS) is 11.4. The van der Waals surface area contributed by atoms with Gasteiger partial charge in [0.05, 0.1) is 28.3 Å². The highest BCUT2D eigenvalue weighted by molar-refractivity contribution is 5.88. The molecule has 13 heteroatoms. The van der Waals surface area contributed by atoms with Crippen molar-refractivity contribution in [3.8, 4) is 17.4 Å². The Morgan fingerprint density at radius 3 is 1.65 bits per heavy atom. The minimum atomic E-state index is -4.60. The molecule has 1 N–H and O–H groups in total. The Labute approximate surface area is 205 Å². The molecular formula is C24H17F6N5O2. The molecule has 4 rings (SSSR count). The molecule has 0 spiro atoms. The highest BCUT2D eigenvalue weighted by atomic mass is 19.4. The molecule has 0 saturated heterocycles. The van der Waals surface area contributed by atoms with E-state index in [9.17, 15) is 31.1 Å². The first-order valence-electron chi connectivity index (χ1n) is 10.3. The molecule has 0 unspecified atom stereocenters. The molecule has 0 aliphatic rings. The lowest BCUT2D eigenvalue weighted by Gasteiger charge is -2.12. The lowest BCUT2D eigenvalue weighted by molar-refractivity contribution is -0.138. The van der Waals surface area contributed by atoms with Crippen LogP contribution >= 0.6 is 0 Å². The molecule has 0 saturated carbocycles. The summed E-state index contributed by atoms with van der Waals surface area (Å²) in [5.74, 6) is -0.390. The van der Waals surface area contributed by atoms with Gasteiger partial charge >= 0.3 is 18.3 Å². The fourth-order valence-electron chi connectivity index (χ4n) is 3.32. The number of hydrogen-bond acceptors (Lipinski definition) is 4. The molecule has 0 atom stereocenters. The lowest BCUT2D eigenvalue weighted by Crippen LogP contribution is -2.10. The summed E-state index contributed by atoms with van der Waals surface area (Å²) >= 11 is 0. The third kappa shape index (κ3) is 6.35. The van der Waals surface area contributed by atoms with Crippen molar-refractivity contribution in [2.75, 3.05) is 0 Å². The van der Waals surface area contributed by atoms with Crippen LogP contribution in [-0.4, -0.2) is 30.2 Å². The van der Waals surface area contributed by atoms with Gasteiger partial charge in [-0.25, -0.2) is 14.8 Å². The van der Waals surface area contributed by atoms with Gasteiger partial charge in [-0.15, -0.1) is 0 Å². The SMILES string of the molecule is Cc1nccn1-c1cc(C#N)cc(C(F)(F)F)c1.Cc1nccn1-c1cc(C(=O)O)cc(C(F)(F)F)c1. The predicted molar refractivity (Wildman–Crippen MR) is 118 cm³/mol. The maximum absolute atomic E-state index is 12.7. The molecule has 4 aromatic rings. The first-order valence-corrected chi connectivity index (χ1v) is 10.3. The van der Waals surface area contributed by atoms with E-state index in [-0.39, 0.29) is 16.9 Å². The number of halogens is 6. The van der Waals surface area contributed by atoms with E-state index in [1.165, 1.54) is 39.9 Å². The van der Waals surface area contributed by atoms with Gasteiger partial charge < -0.3 is 14.2 Å². The summed E-state index contributed by atoms with van der Waals surface area (Å²) < 4.78 is 79.2. The quantitative estimate of drug-likeness (QED) is 0.335. The molecule has 192 valence electrons. The largest absolute Gasteiger partial charge is 0.478 e. The van der Waals surface area contributed by atoms with E-state index >= 15 is 0 Å². The summed E-state index contributed by atoms with van der Waals surface area (Å²) in [5, 5.41) is 17.7. The summed E-state index contributed by atoms with van der Waals surface area (Å²) in [6.07, 6.45) is -3.15. The van der Waals surface area contributed by atoms with Gasteiger partial charge in [-0.2, -0.15) is 31.6 Å². The monoisotopic (exact) mass is 521 g/mol. The molecule has 2 aromatic carbocycles. The van der Waals surface area contributed by atoms with Crippen LogP contribution in [0.15, 0.2) is 61.2 Å². The minimum Gasteiger partial charge on any atom is -0.478 e. The molecule has 0 bridgehead atoms. The number of alkyl halides is 6. The Morgan fingerprint density at radius 1 is 0.811 bits per heavy atom. The van der Waals surface area contributed by atoms with Crippen LogP contribution in [0.3, 0.4) is 0 Å². The van der Waals surface area contributed by atoms with Crippen LogP contribution in [0.2, 0.25) is 0 Å². The van der Waals surface area contributed by atoms with Crippen molar-refractivity contribution in [3.05, 3.63) is 95.1 Å². The maximum Gasteiger partial charge on any atom is 0.416 e. The van der Waals surface area contributed by atoms with E-state index in [0.717, 1.165) is 18.2 Å². The van der Waals surface area contributed by atoms with Crippen LogP contribution < -0.4 is 0 Å². The third-order valence-electron chi connectivity index (χ3n) is 5.07. The van der Waals surface area contributed by atoms with Crippen molar-refractivity contribution in [3.63, 3.8) is 0 Å². The number of aromatic nitrogens is 4. The van der Waals surface area contributed by atoms with Gasteiger partial charge in [-0.1, -0.05) is 0 Å². The Morgan fingerprint density at radius 2 is 1.27 bits per heavy atom. The second-order valence-electron chi connectivity index (χ2n) is 7.64. The molecule has 0 fully saturated rings. The minimum absolute atomic E-state index is 0.0343. The van der Waals surface area contributed by atoms with Gasteiger partial charge in [0.2, 0.25) is 0 Å². The van der Waals surface area contributed by atoms with Crippen LogP contribution in [0.1, 0.15) is 38.7 Å². The fraction of sp³-hybridized carbons (Fsp3) is 0.167. The number of carbonyl (C=O) groups is 1. The topological polar surface area (TPSA) is 96.7 Å². The summed E-state index contributed by atoms with van der Waals surface area (Å²) in [4.78, 5) is 18.7. The first-order chi connectivity index (χ1) is 17.2. The highest BCUT2D eigenvalue weighted by Crippen LogP contribution is 2.32. The van der Waals surface area contributed by atoms with Crippen LogP contribution in [0, 0.1) is 25.2 Å². The molecule has 2 aromatic heterocycles. The van der Waals surface area contributed by atoms with Crippen LogP contribution in [0.5, 0.6) is 0 Å². The van der Waals surface area contributed by atoms with Crippen molar-refractivity contribution >= 4 is 5.97 Å². The number of benzene rings is 2. The molecule has 37 heavy (non-hydrogen) atoms. The van der Waals surface area contributed by atoms with Gasteiger partial charge in [-0.3, -0.25) is 0 Å². The van der Waals surface area contributed by atoms with E-state index in [1.807, 2.05) is 0 Å². The molecule has 0 aliphatic carbocycles. The van der Waals surface area contributed by atoms with Crippen molar-refractivity contribution in [1.82, 2.24) is 19.1 Å². The van der Waals surface area contributed by atoms with Gasteiger partial charge in [-0.05, 0) is 50.2 Å². The number of nitriles is 1. The lowest BCUT2D eigenvalue weighted by atomic mass is 10.1. The zero-order chi connectivity index (χ0) is 27.5. The summed E-state index contributed by atoms with van der Waals surface area (Å²) in [7, 11) is 0. The number of rotatable bonds is 3. The molecule has 2 heterocycles. The Balaban J connectivity index is 0.000000206. The third-order valence-corrected chi connectivity index (χ3v) is 5.07. The number of imidazole rings is 2. The zero-order valence-electron chi connectivity index (χ0n) is 19.1. The highest BCUT2D eigenvalue weighted by Gasteiger charge is 2.32. The maximum atomic E-state index is 12.7. The van der Waals surface area contributed by atoms with Gasteiger partial charge in [0.15, 0.2) is 0 Å². The molecular weight excluding hydrogens is 504 g/mol. The van der Waals surface area contributed by atoms with Gasteiger partial charge in [0.25, 0.3) is 0 Å². The Bertz CT molecular complexity index is 1480. The van der Waals surface area contributed by atoms with Crippen molar-refractivity contribution in [2.24, 2.45) is 0 Å². The number of aromatic carboxylic acids is 1. The molecule has 7 nitrogen and oxygen atoms in total. The van der Waals surface area contributed by atoms with E-state index in [0.29, 0.717) is 17.7 Å². The van der Waals surface area contributed by atoms with E-state index in [1.54, 1.807) is 26.1 Å². The molecule has 0 amide bonds. The second-order valence-corrected chi connectivity index (χ2v) is 7.64. The van der Waals surface area contributed by atoms with Crippen molar-refractivity contribution in [2.45, 2.75) is 26.2 Å². The van der Waals surface area contributed by atoms with Crippen LogP contribution in [-0.2, 0) is 12.4 Å². The number of hydrogen-bond donors (Lipinski definition) is 1. The number of nitrogens with zero attached hydrogens (tertiary/aromatic N) is 5. The number of carboxylic acid groups (broad SMARTS) is 1. The van der Waals surface area contributed by atoms with Crippen molar-refractivity contribution < 1.29 is 36.2 Å². The molecule has 0 aliphatic heterocycles. The zero-order valence-corrected chi connectivity index (χ0v) is 19.1. The average Bonchev–Trinajstić information content (AvgIpc) is 3.45. The van der Waals surface area contributed by atoms with E-state index in [2.05, 4.69) is 9.97 Å². The molecule has 0 radical (unpaired) electrons. The average molecular weight is 521 g/mol. The van der Waals surface area contributed by atoms with E-state index < -0.39 is 35.0 Å². The smallest absolute Gasteiger partial charge is 0.416 e. The van der Waals surface area contributed by atoms with E-state index in [4.69, 9.17) is 10.4 Å².